The third-order valence-corrected chi connectivity index (χ3v) is 4.32. The van der Waals surface area contributed by atoms with Crippen molar-refractivity contribution in [1.82, 2.24) is 9.47 Å². The van der Waals surface area contributed by atoms with Crippen molar-refractivity contribution >= 4 is 16.8 Å². The first-order valence-electron chi connectivity index (χ1n) is 7.52. The number of para-hydroxylation sites is 1. The van der Waals surface area contributed by atoms with Crippen LogP contribution < -0.4 is 0 Å². The Bertz CT molecular complexity index is 749. The quantitative estimate of drug-likeness (QED) is 0.776. The van der Waals surface area contributed by atoms with Crippen molar-refractivity contribution in [2.75, 3.05) is 6.54 Å². The number of carbonyl (C=O) groups is 1. The van der Waals surface area contributed by atoms with E-state index in [2.05, 4.69) is 23.5 Å². The van der Waals surface area contributed by atoms with Gasteiger partial charge in [0.2, 0.25) is 5.91 Å². The SMILES string of the molecule is C#Cc1cccc2c3c(n(CCC)c12)CCN(C(C)=O)C3. The Kier molecular flexibility index (Phi) is 3.47. The molecule has 0 fully saturated rings. The highest BCUT2D eigenvalue weighted by Gasteiger charge is 2.25. The zero-order valence-electron chi connectivity index (χ0n) is 12.6. The molecule has 0 saturated carbocycles. The van der Waals surface area contributed by atoms with Gasteiger partial charge in [-0.1, -0.05) is 25.0 Å². The van der Waals surface area contributed by atoms with Gasteiger partial charge in [-0.2, -0.15) is 0 Å². The molecular formula is C18H20N2O. The first-order valence-corrected chi connectivity index (χ1v) is 7.52. The number of nitrogens with zero attached hydrogens (tertiary/aromatic N) is 2. The topological polar surface area (TPSA) is 25.2 Å². The summed E-state index contributed by atoms with van der Waals surface area (Å²) in [6.45, 7) is 6.30. The van der Waals surface area contributed by atoms with E-state index >= 15 is 0 Å². The van der Waals surface area contributed by atoms with Crippen LogP contribution in [0.4, 0.5) is 0 Å². The Morgan fingerprint density at radius 3 is 2.90 bits per heavy atom. The van der Waals surface area contributed by atoms with Crippen molar-refractivity contribution < 1.29 is 4.79 Å². The molecule has 0 N–H and O–H groups in total. The van der Waals surface area contributed by atoms with Crippen molar-refractivity contribution in [3.8, 4) is 12.3 Å². The maximum absolute atomic E-state index is 11.7. The monoisotopic (exact) mass is 280 g/mol. The molecule has 0 bridgehead atoms. The minimum Gasteiger partial charge on any atom is -0.343 e. The number of fused-ring (bicyclic) bond motifs is 3. The van der Waals surface area contributed by atoms with Crippen LogP contribution in [0.5, 0.6) is 0 Å². The number of hydrogen-bond donors (Lipinski definition) is 0. The predicted octanol–water partition coefficient (Wildman–Crippen LogP) is 2.94. The van der Waals surface area contributed by atoms with Crippen LogP contribution in [0.25, 0.3) is 10.9 Å². The van der Waals surface area contributed by atoms with E-state index in [0.717, 1.165) is 37.0 Å². The van der Waals surface area contributed by atoms with Crippen molar-refractivity contribution in [2.45, 2.75) is 39.8 Å². The van der Waals surface area contributed by atoms with Gasteiger partial charge in [0.15, 0.2) is 0 Å². The largest absolute Gasteiger partial charge is 0.343 e. The number of rotatable bonds is 2. The summed E-state index contributed by atoms with van der Waals surface area (Å²) in [5, 5.41) is 1.21. The summed E-state index contributed by atoms with van der Waals surface area (Å²) in [6, 6.07) is 6.15. The van der Waals surface area contributed by atoms with Crippen LogP contribution in [0.2, 0.25) is 0 Å². The second-order valence-corrected chi connectivity index (χ2v) is 5.61. The fourth-order valence-electron chi connectivity index (χ4n) is 3.36. The molecule has 108 valence electrons. The average molecular weight is 280 g/mol. The maximum atomic E-state index is 11.7. The number of aryl methyl sites for hydroxylation is 1. The Morgan fingerprint density at radius 2 is 2.24 bits per heavy atom. The van der Waals surface area contributed by atoms with Crippen LogP contribution in [0, 0.1) is 12.3 Å². The number of benzene rings is 1. The van der Waals surface area contributed by atoms with Crippen molar-refractivity contribution in [3.05, 3.63) is 35.0 Å². The Labute approximate surface area is 125 Å². The molecule has 1 aromatic heterocycles. The van der Waals surface area contributed by atoms with Crippen LogP contribution in [0.15, 0.2) is 18.2 Å². The molecule has 0 unspecified atom stereocenters. The Hall–Kier alpha value is -2.21. The summed E-state index contributed by atoms with van der Waals surface area (Å²) in [5.41, 5.74) is 4.74. The molecule has 1 aliphatic rings. The van der Waals surface area contributed by atoms with Crippen LogP contribution >= 0.6 is 0 Å². The minimum absolute atomic E-state index is 0.144. The highest BCUT2D eigenvalue weighted by Crippen LogP contribution is 2.33. The van der Waals surface area contributed by atoms with Gasteiger partial charge in [-0.05, 0) is 12.5 Å². The second-order valence-electron chi connectivity index (χ2n) is 5.61. The van der Waals surface area contributed by atoms with E-state index in [1.54, 1.807) is 6.92 Å². The standard InChI is InChI=1S/C18H20N2O/c1-4-10-20-17-9-11-19(13(3)21)12-16(17)15-8-6-7-14(5-2)18(15)20/h2,6-8H,4,9-12H2,1,3H3. The van der Waals surface area contributed by atoms with Gasteiger partial charge in [0.1, 0.15) is 0 Å². The van der Waals surface area contributed by atoms with Crippen molar-refractivity contribution in [3.63, 3.8) is 0 Å². The summed E-state index contributed by atoms with van der Waals surface area (Å²) in [7, 11) is 0. The van der Waals surface area contributed by atoms with Crippen LogP contribution in [0.1, 0.15) is 37.1 Å². The molecule has 2 aromatic rings. The van der Waals surface area contributed by atoms with E-state index in [4.69, 9.17) is 6.42 Å². The minimum atomic E-state index is 0.144. The van der Waals surface area contributed by atoms with Crippen LogP contribution in [0.3, 0.4) is 0 Å². The molecule has 2 heterocycles. The molecule has 3 rings (SSSR count). The predicted molar refractivity (Wildman–Crippen MR) is 85.0 cm³/mol. The second kappa shape index (κ2) is 5.29. The third kappa shape index (κ3) is 2.12. The zero-order chi connectivity index (χ0) is 15.0. The Balaban J connectivity index is 2.25. The number of terminal acetylenes is 1. The molecule has 0 radical (unpaired) electrons. The number of carbonyl (C=O) groups excluding carboxylic acids is 1. The third-order valence-electron chi connectivity index (χ3n) is 4.32. The maximum Gasteiger partial charge on any atom is 0.219 e. The van der Waals surface area contributed by atoms with Crippen LogP contribution in [-0.2, 0) is 24.3 Å². The lowest BCUT2D eigenvalue weighted by molar-refractivity contribution is -0.129. The molecule has 0 aliphatic carbocycles. The molecule has 1 aromatic carbocycles. The van der Waals surface area contributed by atoms with Gasteiger partial charge in [-0.15, -0.1) is 6.42 Å². The van der Waals surface area contributed by atoms with E-state index in [0.29, 0.717) is 6.54 Å². The molecule has 0 spiro atoms. The lowest BCUT2D eigenvalue weighted by Gasteiger charge is -2.27. The van der Waals surface area contributed by atoms with Gasteiger partial charge < -0.3 is 9.47 Å². The highest BCUT2D eigenvalue weighted by molar-refractivity contribution is 5.91. The summed E-state index contributed by atoms with van der Waals surface area (Å²) >= 11 is 0. The normalized spacial score (nSPS) is 14.0. The molecule has 1 aliphatic heterocycles. The van der Waals surface area contributed by atoms with Gasteiger partial charge in [-0.3, -0.25) is 4.79 Å². The first-order chi connectivity index (χ1) is 10.2. The van der Waals surface area contributed by atoms with E-state index in [-0.39, 0.29) is 5.91 Å². The summed E-state index contributed by atoms with van der Waals surface area (Å²) in [6.07, 6.45) is 7.67. The fraction of sp³-hybridized carbons (Fsp3) is 0.389. The lowest BCUT2D eigenvalue weighted by atomic mass is 10.0. The zero-order valence-corrected chi connectivity index (χ0v) is 12.6. The van der Waals surface area contributed by atoms with Gasteiger partial charge >= 0.3 is 0 Å². The smallest absolute Gasteiger partial charge is 0.219 e. The van der Waals surface area contributed by atoms with Gasteiger partial charge in [0, 0.05) is 55.2 Å². The summed E-state index contributed by atoms with van der Waals surface area (Å²) in [4.78, 5) is 13.6. The number of aromatic nitrogens is 1. The van der Waals surface area contributed by atoms with Gasteiger partial charge in [0.25, 0.3) is 0 Å². The molecule has 0 saturated heterocycles. The first kappa shape index (κ1) is 13.8. The van der Waals surface area contributed by atoms with E-state index in [1.165, 1.54) is 16.6 Å². The van der Waals surface area contributed by atoms with Crippen LogP contribution in [-0.4, -0.2) is 21.9 Å². The molecule has 3 nitrogen and oxygen atoms in total. The van der Waals surface area contributed by atoms with Gasteiger partial charge in [0.05, 0.1) is 5.52 Å². The number of hydrogen-bond acceptors (Lipinski definition) is 1. The average Bonchev–Trinajstić information content (AvgIpc) is 2.81. The lowest BCUT2D eigenvalue weighted by Crippen LogP contribution is -2.34. The molecule has 0 atom stereocenters. The summed E-state index contributed by atoms with van der Waals surface area (Å²) < 4.78 is 2.37. The fourth-order valence-corrected chi connectivity index (χ4v) is 3.36. The van der Waals surface area contributed by atoms with Crippen molar-refractivity contribution in [1.29, 1.82) is 0 Å². The number of amides is 1. The molecule has 3 heteroatoms. The van der Waals surface area contributed by atoms with Gasteiger partial charge in [-0.25, -0.2) is 0 Å². The highest BCUT2D eigenvalue weighted by atomic mass is 16.2. The molecular weight excluding hydrogens is 260 g/mol. The summed E-state index contributed by atoms with van der Waals surface area (Å²) in [5.74, 6) is 2.95. The van der Waals surface area contributed by atoms with E-state index in [9.17, 15) is 4.79 Å². The Morgan fingerprint density at radius 1 is 1.43 bits per heavy atom. The van der Waals surface area contributed by atoms with E-state index < -0.39 is 0 Å². The van der Waals surface area contributed by atoms with E-state index in [1.807, 2.05) is 17.0 Å². The van der Waals surface area contributed by atoms with Crippen molar-refractivity contribution in [2.24, 2.45) is 0 Å². The molecule has 1 amide bonds. The molecule has 21 heavy (non-hydrogen) atoms.